The van der Waals surface area contributed by atoms with Crippen LogP contribution in [0.3, 0.4) is 0 Å². The summed E-state index contributed by atoms with van der Waals surface area (Å²) >= 11 is 3.46. The summed E-state index contributed by atoms with van der Waals surface area (Å²) in [6.07, 6.45) is 0. The van der Waals surface area contributed by atoms with Gasteiger partial charge < -0.3 is 11.1 Å². The Kier molecular flexibility index (Phi) is 1.80. The average molecular weight is 241 g/mol. The van der Waals surface area contributed by atoms with Crippen LogP contribution in [0.4, 0.5) is 11.4 Å². The van der Waals surface area contributed by atoms with E-state index in [2.05, 4.69) is 41.2 Å². The molecule has 0 bridgehead atoms. The molecule has 0 spiro atoms. The Bertz CT molecular complexity index is 358. The van der Waals surface area contributed by atoms with E-state index in [9.17, 15) is 0 Å². The summed E-state index contributed by atoms with van der Waals surface area (Å²) in [6, 6.07) is 4.08. The maximum Gasteiger partial charge on any atom is 0.0613 e. The molecule has 0 atom stereocenters. The molecular weight excluding hydrogens is 228 g/mol. The molecular formula is C10H13BrN2. The maximum absolute atomic E-state index is 5.90. The van der Waals surface area contributed by atoms with Gasteiger partial charge in [0.1, 0.15) is 0 Å². The zero-order valence-electron chi connectivity index (χ0n) is 7.82. The molecule has 0 fully saturated rings. The van der Waals surface area contributed by atoms with Gasteiger partial charge in [0, 0.05) is 16.4 Å². The minimum absolute atomic E-state index is 0.188. The van der Waals surface area contributed by atoms with Gasteiger partial charge in [-0.3, -0.25) is 0 Å². The molecule has 3 heteroatoms. The topological polar surface area (TPSA) is 38.0 Å². The smallest absolute Gasteiger partial charge is 0.0613 e. The zero-order chi connectivity index (χ0) is 9.64. The van der Waals surface area contributed by atoms with Crippen molar-refractivity contribution in [2.45, 2.75) is 19.3 Å². The molecule has 2 nitrogen and oxygen atoms in total. The van der Waals surface area contributed by atoms with Gasteiger partial charge in [0.25, 0.3) is 0 Å². The van der Waals surface area contributed by atoms with Gasteiger partial charge >= 0.3 is 0 Å². The summed E-state index contributed by atoms with van der Waals surface area (Å²) in [6.45, 7) is 5.40. The standard InChI is InChI=1S/C10H13BrN2/c1-10(2)5-13-9-7(10)3-6(11)4-8(9)12/h3-4,13H,5,12H2,1-2H3. The molecule has 0 radical (unpaired) electrons. The molecule has 1 aliphatic rings. The molecule has 1 aliphatic heterocycles. The molecule has 13 heavy (non-hydrogen) atoms. The second-order valence-corrected chi connectivity index (χ2v) is 5.07. The van der Waals surface area contributed by atoms with E-state index >= 15 is 0 Å². The number of nitrogens with one attached hydrogen (secondary N) is 1. The predicted octanol–water partition coefficient (Wildman–Crippen LogP) is 2.73. The number of rotatable bonds is 0. The van der Waals surface area contributed by atoms with E-state index in [1.165, 1.54) is 5.56 Å². The average Bonchev–Trinajstić information content (AvgIpc) is 2.28. The van der Waals surface area contributed by atoms with Crippen LogP contribution in [0.2, 0.25) is 0 Å². The van der Waals surface area contributed by atoms with Crippen molar-refractivity contribution >= 4 is 27.3 Å². The normalized spacial score (nSPS) is 18.1. The SMILES string of the molecule is CC1(C)CNc2c(N)cc(Br)cc21. The van der Waals surface area contributed by atoms with Crippen LogP contribution >= 0.6 is 15.9 Å². The first-order valence-electron chi connectivity index (χ1n) is 4.34. The lowest BCUT2D eigenvalue weighted by Gasteiger charge is -2.17. The lowest BCUT2D eigenvalue weighted by Crippen LogP contribution is -2.18. The molecule has 1 aromatic rings. The number of benzene rings is 1. The van der Waals surface area contributed by atoms with Gasteiger partial charge in [0.2, 0.25) is 0 Å². The highest BCUT2D eigenvalue weighted by Crippen LogP contribution is 2.41. The van der Waals surface area contributed by atoms with E-state index < -0.39 is 0 Å². The van der Waals surface area contributed by atoms with Gasteiger partial charge in [-0.25, -0.2) is 0 Å². The Morgan fingerprint density at radius 2 is 2.15 bits per heavy atom. The zero-order valence-corrected chi connectivity index (χ0v) is 9.40. The Morgan fingerprint density at radius 3 is 2.85 bits per heavy atom. The highest BCUT2D eigenvalue weighted by molar-refractivity contribution is 9.10. The van der Waals surface area contributed by atoms with E-state index in [1.54, 1.807) is 0 Å². The van der Waals surface area contributed by atoms with Crippen LogP contribution in [0.5, 0.6) is 0 Å². The summed E-state index contributed by atoms with van der Waals surface area (Å²) < 4.78 is 1.06. The first-order valence-corrected chi connectivity index (χ1v) is 5.13. The molecule has 70 valence electrons. The van der Waals surface area contributed by atoms with Gasteiger partial charge in [-0.05, 0) is 17.7 Å². The Balaban J connectivity index is 2.65. The van der Waals surface area contributed by atoms with E-state index in [1.807, 2.05) is 6.07 Å². The fourth-order valence-corrected chi connectivity index (χ4v) is 2.24. The molecule has 0 aliphatic carbocycles. The second kappa shape index (κ2) is 2.64. The third-order valence-corrected chi connectivity index (χ3v) is 3.03. The fourth-order valence-electron chi connectivity index (χ4n) is 1.76. The van der Waals surface area contributed by atoms with Crippen LogP contribution in [-0.2, 0) is 5.41 Å². The Labute approximate surface area is 86.6 Å². The molecule has 0 unspecified atom stereocenters. The first kappa shape index (κ1) is 8.88. The monoisotopic (exact) mass is 240 g/mol. The fraction of sp³-hybridized carbons (Fsp3) is 0.400. The number of nitrogens with two attached hydrogens (primary N) is 1. The van der Waals surface area contributed by atoms with E-state index in [-0.39, 0.29) is 5.41 Å². The first-order chi connectivity index (χ1) is 6.00. The van der Waals surface area contributed by atoms with Gasteiger partial charge in [0.05, 0.1) is 11.4 Å². The predicted molar refractivity (Wildman–Crippen MR) is 60.1 cm³/mol. The second-order valence-electron chi connectivity index (χ2n) is 4.16. The minimum atomic E-state index is 0.188. The van der Waals surface area contributed by atoms with E-state index in [0.717, 1.165) is 22.4 Å². The summed E-state index contributed by atoms with van der Waals surface area (Å²) in [5.74, 6) is 0. The molecule has 1 heterocycles. The minimum Gasteiger partial charge on any atom is -0.397 e. The van der Waals surface area contributed by atoms with Crippen LogP contribution in [0.25, 0.3) is 0 Å². The lowest BCUT2D eigenvalue weighted by atomic mass is 9.87. The van der Waals surface area contributed by atoms with Gasteiger partial charge in [0.15, 0.2) is 0 Å². The molecule has 0 saturated carbocycles. The maximum atomic E-state index is 5.90. The van der Waals surface area contributed by atoms with Crippen molar-refractivity contribution in [3.05, 3.63) is 22.2 Å². The third-order valence-electron chi connectivity index (χ3n) is 2.57. The summed E-state index contributed by atoms with van der Waals surface area (Å²) in [5, 5.41) is 3.34. The van der Waals surface area contributed by atoms with Crippen LogP contribution in [0.1, 0.15) is 19.4 Å². The van der Waals surface area contributed by atoms with Gasteiger partial charge in [-0.2, -0.15) is 0 Å². The molecule has 1 aromatic carbocycles. The number of fused-ring (bicyclic) bond motifs is 1. The van der Waals surface area contributed by atoms with Crippen LogP contribution < -0.4 is 11.1 Å². The van der Waals surface area contributed by atoms with Crippen molar-refractivity contribution in [3.63, 3.8) is 0 Å². The number of hydrogen-bond acceptors (Lipinski definition) is 2. The molecule has 2 rings (SSSR count). The number of anilines is 2. The van der Waals surface area contributed by atoms with E-state index in [0.29, 0.717) is 0 Å². The molecule has 0 aromatic heterocycles. The number of halogens is 1. The quantitative estimate of drug-likeness (QED) is 0.685. The number of nitrogen functional groups attached to an aromatic ring is 1. The molecule has 0 amide bonds. The van der Waals surface area contributed by atoms with Crippen LogP contribution in [-0.4, -0.2) is 6.54 Å². The van der Waals surface area contributed by atoms with Crippen molar-refractivity contribution in [1.29, 1.82) is 0 Å². The van der Waals surface area contributed by atoms with Gasteiger partial charge in [-0.1, -0.05) is 29.8 Å². The highest BCUT2D eigenvalue weighted by Gasteiger charge is 2.31. The largest absolute Gasteiger partial charge is 0.397 e. The summed E-state index contributed by atoms with van der Waals surface area (Å²) in [4.78, 5) is 0. The van der Waals surface area contributed by atoms with Gasteiger partial charge in [-0.15, -0.1) is 0 Å². The molecule has 0 saturated heterocycles. The van der Waals surface area contributed by atoms with Crippen molar-refractivity contribution < 1.29 is 0 Å². The van der Waals surface area contributed by atoms with Crippen LogP contribution in [0.15, 0.2) is 16.6 Å². The summed E-state index contributed by atoms with van der Waals surface area (Å²) in [5.41, 5.74) is 9.33. The van der Waals surface area contributed by atoms with Crippen molar-refractivity contribution in [3.8, 4) is 0 Å². The van der Waals surface area contributed by atoms with Crippen molar-refractivity contribution in [2.75, 3.05) is 17.6 Å². The summed E-state index contributed by atoms with van der Waals surface area (Å²) in [7, 11) is 0. The molecule has 3 N–H and O–H groups in total. The Hall–Kier alpha value is -0.700. The third kappa shape index (κ3) is 1.31. The van der Waals surface area contributed by atoms with Crippen LogP contribution in [0, 0.1) is 0 Å². The Morgan fingerprint density at radius 1 is 1.46 bits per heavy atom. The number of hydrogen-bond donors (Lipinski definition) is 2. The van der Waals surface area contributed by atoms with Crippen molar-refractivity contribution in [1.82, 2.24) is 0 Å². The van der Waals surface area contributed by atoms with Crippen molar-refractivity contribution in [2.24, 2.45) is 0 Å². The lowest BCUT2D eigenvalue weighted by molar-refractivity contribution is 0.586. The highest BCUT2D eigenvalue weighted by atomic mass is 79.9. The van der Waals surface area contributed by atoms with E-state index in [4.69, 9.17) is 5.73 Å².